The van der Waals surface area contributed by atoms with Crippen LogP contribution in [0.4, 0.5) is 0 Å². The molecule has 0 aliphatic rings. The van der Waals surface area contributed by atoms with Crippen molar-refractivity contribution >= 4 is 26.8 Å². The topological polar surface area (TPSA) is 38.2 Å². The van der Waals surface area contributed by atoms with Crippen LogP contribution < -0.4 is 4.74 Å². The zero-order valence-corrected chi connectivity index (χ0v) is 14.0. The number of aromatic nitrogens is 2. The van der Waals surface area contributed by atoms with Crippen molar-refractivity contribution in [3.63, 3.8) is 0 Å². The van der Waals surface area contributed by atoms with E-state index in [1.807, 2.05) is 20.2 Å². The van der Waals surface area contributed by atoms with Gasteiger partial charge < -0.3 is 9.64 Å². The third-order valence-corrected chi connectivity index (χ3v) is 3.52. The van der Waals surface area contributed by atoms with Gasteiger partial charge in [0.2, 0.25) is 5.88 Å². The number of ether oxygens (including phenoxy) is 1. The highest BCUT2D eigenvalue weighted by atomic mass is 79.9. The Morgan fingerprint density at radius 2 is 2.00 bits per heavy atom. The van der Waals surface area contributed by atoms with Crippen molar-refractivity contribution in [3.8, 4) is 5.88 Å². The van der Waals surface area contributed by atoms with Crippen molar-refractivity contribution in [3.05, 3.63) is 28.0 Å². The molecule has 1 heterocycles. The van der Waals surface area contributed by atoms with Gasteiger partial charge in [0, 0.05) is 17.4 Å². The lowest BCUT2D eigenvalue weighted by atomic mass is 10.1. The molecule has 0 radical (unpaired) electrons. The highest BCUT2D eigenvalue weighted by molar-refractivity contribution is 9.10. The van der Waals surface area contributed by atoms with Gasteiger partial charge in [-0.25, -0.2) is 4.98 Å². The summed E-state index contributed by atoms with van der Waals surface area (Å²) in [6.07, 6.45) is 0.801. The fourth-order valence-electron chi connectivity index (χ4n) is 1.97. The van der Waals surface area contributed by atoms with Crippen LogP contribution in [0.15, 0.2) is 16.6 Å². The standard InChI is InChI=1S/C15H20BrN3O/c1-5-13-17-14-10(2)8-11(16)9-12(14)15(18-13)20-7-6-19(3)4/h8-9H,5-7H2,1-4H3. The maximum atomic E-state index is 5.87. The predicted octanol–water partition coefficient (Wildman–Crippen LogP) is 3.20. The largest absolute Gasteiger partial charge is 0.476 e. The van der Waals surface area contributed by atoms with E-state index in [9.17, 15) is 0 Å². The molecule has 108 valence electrons. The van der Waals surface area contributed by atoms with E-state index < -0.39 is 0 Å². The Morgan fingerprint density at radius 3 is 2.65 bits per heavy atom. The van der Waals surface area contributed by atoms with Crippen LogP contribution in [0, 0.1) is 6.92 Å². The summed E-state index contributed by atoms with van der Waals surface area (Å²) in [5, 5.41) is 0.966. The van der Waals surface area contributed by atoms with Gasteiger partial charge in [0.1, 0.15) is 12.4 Å². The lowest BCUT2D eigenvalue weighted by Crippen LogP contribution is -2.20. The summed E-state index contributed by atoms with van der Waals surface area (Å²) in [6, 6.07) is 4.09. The zero-order valence-electron chi connectivity index (χ0n) is 12.4. The smallest absolute Gasteiger partial charge is 0.224 e. The molecule has 0 aliphatic heterocycles. The monoisotopic (exact) mass is 337 g/mol. The quantitative estimate of drug-likeness (QED) is 0.839. The molecule has 0 saturated heterocycles. The van der Waals surface area contributed by atoms with Gasteiger partial charge in [-0.05, 0) is 38.7 Å². The van der Waals surface area contributed by atoms with Crippen LogP contribution in [0.2, 0.25) is 0 Å². The molecule has 5 heteroatoms. The Bertz CT molecular complexity index is 614. The van der Waals surface area contributed by atoms with Gasteiger partial charge in [0.05, 0.1) is 10.9 Å². The summed E-state index contributed by atoms with van der Waals surface area (Å²) in [7, 11) is 4.05. The molecule has 4 nitrogen and oxygen atoms in total. The number of fused-ring (bicyclic) bond motifs is 1. The van der Waals surface area contributed by atoms with Crippen LogP contribution in [0.25, 0.3) is 10.9 Å². The third kappa shape index (κ3) is 3.46. The maximum Gasteiger partial charge on any atom is 0.224 e. The molecule has 2 rings (SSSR count). The Kier molecular flexibility index (Phi) is 4.94. The van der Waals surface area contributed by atoms with Crippen molar-refractivity contribution in [2.24, 2.45) is 0 Å². The molecular weight excluding hydrogens is 318 g/mol. The van der Waals surface area contributed by atoms with E-state index in [2.05, 4.69) is 50.7 Å². The summed E-state index contributed by atoms with van der Waals surface area (Å²) >= 11 is 3.53. The molecule has 0 atom stereocenters. The second-order valence-corrected chi connectivity index (χ2v) is 5.98. The number of aryl methyl sites for hydroxylation is 2. The highest BCUT2D eigenvalue weighted by Gasteiger charge is 2.11. The average molecular weight is 338 g/mol. The zero-order chi connectivity index (χ0) is 14.7. The van der Waals surface area contributed by atoms with E-state index in [-0.39, 0.29) is 0 Å². The summed E-state index contributed by atoms with van der Waals surface area (Å²) in [5.74, 6) is 1.50. The molecule has 0 N–H and O–H groups in total. The molecule has 0 aliphatic carbocycles. The van der Waals surface area contributed by atoms with E-state index in [1.165, 1.54) is 0 Å². The van der Waals surface area contributed by atoms with Crippen molar-refractivity contribution in [2.45, 2.75) is 20.3 Å². The summed E-state index contributed by atoms with van der Waals surface area (Å²) < 4.78 is 6.89. The van der Waals surface area contributed by atoms with Crippen LogP contribution in [-0.4, -0.2) is 42.1 Å². The predicted molar refractivity (Wildman–Crippen MR) is 85.4 cm³/mol. The maximum absolute atomic E-state index is 5.87. The Hall–Kier alpha value is -1.20. The molecule has 1 aromatic heterocycles. The van der Waals surface area contributed by atoms with Crippen molar-refractivity contribution in [2.75, 3.05) is 27.2 Å². The Labute approximate surface area is 128 Å². The van der Waals surface area contributed by atoms with Crippen LogP contribution in [0.3, 0.4) is 0 Å². The lowest BCUT2D eigenvalue weighted by Gasteiger charge is -2.13. The minimum absolute atomic E-state index is 0.619. The first-order valence-corrected chi connectivity index (χ1v) is 7.55. The van der Waals surface area contributed by atoms with Crippen LogP contribution >= 0.6 is 15.9 Å². The molecule has 2 aromatic rings. The SMILES string of the molecule is CCc1nc(OCCN(C)C)c2cc(Br)cc(C)c2n1. The van der Waals surface area contributed by atoms with Crippen LogP contribution in [0.1, 0.15) is 18.3 Å². The first-order valence-electron chi connectivity index (χ1n) is 6.75. The van der Waals surface area contributed by atoms with Crippen molar-refractivity contribution in [1.82, 2.24) is 14.9 Å². The normalized spacial score (nSPS) is 11.3. The molecular formula is C15H20BrN3O. The molecule has 1 aromatic carbocycles. The molecule has 20 heavy (non-hydrogen) atoms. The molecule has 0 unspecified atom stereocenters. The number of hydrogen-bond donors (Lipinski definition) is 0. The molecule has 0 bridgehead atoms. The molecule has 0 saturated carbocycles. The van der Waals surface area contributed by atoms with Gasteiger partial charge >= 0.3 is 0 Å². The van der Waals surface area contributed by atoms with E-state index in [4.69, 9.17) is 4.74 Å². The first kappa shape index (κ1) is 15.2. The Morgan fingerprint density at radius 1 is 1.25 bits per heavy atom. The first-order chi connectivity index (χ1) is 9.51. The van der Waals surface area contributed by atoms with E-state index in [0.717, 1.165) is 39.7 Å². The third-order valence-electron chi connectivity index (χ3n) is 3.06. The summed E-state index contributed by atoms with van der Waals surface area (Å²) in [4.78, 5) is 11.2. The van der Waals surface area contributed by atoms with Crippen molar-refractivity contribution in [1.29, 1.82) is 0 Å². The molecule has 0 spiro atoms. The number of rotatable bonds is 5. The summed E-state index contributed by atoms with van der Waals surface area (Å²) in [5.41, 5.74) is 2.10. The van der Waals surface area contributed by atoms with Crippen LogP contribution in [0.5, 0.6) is 5.88 Å². The fraction of sp³-hybridized carbons (Fsp3) is 0.467. The number of halogens is 1. The van der Waals surface area contributed by atoms with Crippen molar-refractivity contribution < 1.29 is 4.74 Å². The highest BCUT2D eigenvalue weighted by Crippen LogP contribution is 2.28. The van der Waals surface area contributed by atoms with Gasteiger partial charge in [0.15, 0.2) is 0 Å². The lowest BCUT2D eigenvalue weighted by molar-refractivity contribution is 0.255. The van der Waals surface area contributed by atoms with Gasteiger partial charge in [-0.1, -0.05) is 22.9 Å². The van der Waals surface area contributed by atoms with E-state index in [0.29, 0.717) is 12.5 Å². The second-order valence-electron chi connectivity index (χ2n) is 5.07. The average Bonchev–Trinajstić information content (AvgIpc) is 2.38. The summed E-state index contributed by atoms with van der Waals surface area (Å²) in [6.45, 7) is 5.59. The molecule has 0 fully saturated rings. The van der Waals surface area contributed by atoms with Gasteiger partial charge in [-0.3, -0.25) is 0 Å². The number of hydrogen-bond acceptors (Lipinski definition) is 4. The van der Waals surface area contributed by atoms with Crippen LogP contribution in [-0.2, 0) is 6.42 Å². The van der Waals surface area contributed by atoms with E-state index >= 15 is 0 Å². The molecule has 0 amide bonds. The minimum atomic E-state index is 0.619. The van der Waals surface area contributed by atoms with Gasteiger partial charge in [-0.2, -0.15) is 4.98 Å². The fourth-order valence-corrected chi connectivity index (χ4v) is 2.54. The second kappa shape index (κ2) is 6.50. The Balaban J connectivity index is 2.44. The number of likely N-dealkylation sites (N-methyl/N-ethyl adjacent to an activating group) is 1. The number of nitrogens with zero attached hydrogens (tertiary/aromatic N) is 3. The van der Waals surface area contributed by atoms with E-state index in [1.54, 1.807) is 0 Å². The minimum Gasteiger partial charge on any atom is -0.476 e. The number of benzene rings is 1. The van der Waals surface area contributed by atoms with Gasteiger partial charge in [0.25, 0.3) is 0 Å². The van der Waals surface area contributed by atoms with Gasteiger partial charge in [-0.15, -0.1) is 0 Å².